The van der Waals surface area contributed by atoms with E-state index in [2.05, 4.69) is 63.4 Å². The highest BCUT2D eigenvalue weighted by atomic mass is 16.6. The Bertz CT molecular complexity index is 931. The summed E-state index contributed by atoms with van der Waals surface area (Å²) in [6.45, 7) is 14.6. The fourth-order valence-corrected chi connectivity index (χ4v) is 4.72. The summed E-state index contributed by atoms with van der Waals surface area (Å²) in [7, 11) is 0. The SMILES string of the molecule is C=N/C(=N\C1=C(C)COC(=O)N1CC)N[C@@H](C)c1ccc(C(CC2CC2)N2CCNCC2)cc1. The van der Waals surface area contributed by atoms with Crippen molar-refractivity contribution in [3.05, 3.63) is 46.8 Å². The van der Waals surface area contributed by atoms with Crippen molar-refractivity contribution in [2.75, 3.05) is 39.3 Å². The topological polar surface area (TPSA) is 81.6 Å². The number of nitrogens with one attached hydrogen (secondary N) is 2. The van der Waals surface area contributed by atoms with Crippen LogP contribution in [0.5, 0.6) is 0 Å². The molecule has 8 heteroatoms. The number of carbonyl (C=O) groups excluding carboxylic acids is 1. The highest BCUT2D eigenvalue weighted by Crippen LogP contribution is 2.40. The first-order valence-electron chi connectivity index (χ1n) is 12.5. The molecule has 1 unspecified atom stereocenters. The number of cyclic esters (lactones) is 1. The van der Waals surface area contributed by atoms with Crippen LogP contribution in [0.1, 0.15) is 63.2 Å². The summed E-state index contributed by atoms with van der Waals surface area (Å²) < 4.78 is 5.18. The van der Waals surface area contributed by atoms with Crippen LogP contribution in [0, 0.1) is 5.92 Å². The molecule has 1 saturated carbocycles. The maximum atomic E-state index is 12.1. The first-order chi connectivity index (χ1) is 16.5. The Hall–Kier alpha value is -2.71. The minimum Gasteiger partial charge on any atom is -0.444 e. The zero-order valence-corrected chi connectivity index (χ0v) is 20.7. The molecule has 2 atom stereocenters. The summed E-state index contributed by atoms with van der Waals surface area (Å²) in [5.41, 5.74) is 3.45. The van der Waals surface area contributed by atoms with Crippen molar-refractivity contribution in [1.82, 2.24) is 20.4 Å². The predicted octanol–water partition coefficient (Wildman–Crippen LogP) is 3.84. The van der Waals surface area contributed by atoms with E-state index in [-0.39, 0.29) is 18.7 Å². The number of piperazine rings is 1. The van der Waals surface area contributed by atoms with E-state index in [1.54, 1.807) is 0 Å². The molecule has 1 aliphatic carbocycles. The Labute approximate surface area is 203 Å². The van der Waals surface area contributed by atoms with E-state index >= 15 is 0 Å². The number of hydrogen-bond donors (Lipinski definition) is 2. The van der Waals surface area contributed by atoms with Gasteiger partial charge in [0, 0.05) is 44.3 Å². The van der Waals surface area contributed by atoms with E-state index in [0.29, 0.717) is 24.4 Å². The molecule has 1 amide bonds. The lowest BCUT2D eigenvalue weighted by molar-refractivity contribution is 0.111. The second-order valence-corrected chi connectivity index (χ2v) is 9.51. The lowest BCUT2D eigenvalue weighted by atomic mass is 9.96. The van der Waals surface area contributed by atoms with Gasteiger partial charge in [0.1, 0.15) is 12.4 Å². The van der Waals surface area contributed by atoms with Crippen LogP contribution in [-0.4, -0.2) is 67.9 Å². The van der Waals surface area contributed by atoms with Gasteiger partial charge in [0.15, 0.2) is 0 Å². The zero-order valence-electron chi connectivity index (χ0n) is 20.7. The van der Waals surface area contributed by atoms with Gasteiger partial charge in [0.05, 0.1) is 6.04 Å². The van der Waals surface area contributed by atoms with Crippen molar-refractivity contribution >= 4 is 18.8 Å². The van der Waals surface area contributed by atoms with Crippen LogP contribution in [0.2, 0.25) is 0 Å². The molecule has 0 spiro atoms. The summed E-state index contributed by atoms with van der Waals surface area (Å²) in [6.07, 6.45) is 3.63. The van der Waals surface area contributed by atoms with Crippen molar-refractivity contribution in [2.45, 2.75) is 52.1 Å². The molecule has 184 valence electrons. The van der Waals surface area contributed by atoms with E-state index in [0.717, 1.165) is 43.2 Å². The molecule has 0 aromatic heterocycles. The van der Waals surface area contributed by atoms with E-state index in [1.165, 1.54) is 29.7 Å². The Morgan fingerprint density at radius 2 is 1.91 bits per heavy atom. The number of nitrogens with zero attached hydrogens (tertiary/aromatic N) is 4. The molecule has 2 aliphatic heterocycles. The zero-order chi connectivity index (χ0) is 24.1. The third-order valence-electron chi connectivity index (χ3n) is 6.96. The van der Waals surface area contributed by atoms with Gasteiger partial charge in [-0.2, -0.15) is 4.99 Å². The van der Waals surface area contributed by atoms with Gasteiger partial charge < -0.3 is 15.4 Å². The lowest BCUT2D eigenvalue weighted by Crippen LogP contribution is -2.45. The number of amides is 1. The fraction of sp³-hybridized carbons (Fsp3) is 0.577. The number of benzene rings is 1. The lowest BCUT2D eigenvalue weighted by Gasteiger charge is -2.35. The highest BCUT2D eigenvalue weighted by Gasteiger charge is 2.30. The van der Waals surface area contributed by atoms with Crippen LogP contribution in [0.4, 0.5) is 4.79 Å². The number of rotatable bonds is 8. The molecule has 3 aliphatic rings. The molecule has 1 saturated heterocycles. The molecule has 0 radical (unpaired) electrons. The van der Waals surface area contributed by atoms with Crippen LogP contribution >= 0.6 is 0 Å². The quantitative estimate of drug-likeness (QED) is 0.449. The average molecular weight is 467 g/mol. The molecule has 1 aromatic rings. The molecular weight excluding hydrogens is 428 g/mol. The van der Waals surface area contributed by atoms with Gasteiger partial charge in [-0.15, -0.1) is 0 Å². The standard InChI is InChI=1S/C26H38N6O2/c1-5-32-24(18(2)17-34-26(32)33)30-25(27-4)29-19(3)21-8-10-22(11-9-21)23(16-20-6-7-20)31-14-12-28-13-15-31/h8-11,19-20,23,28H,4-7,12-17H2,1-3H3,(H,29,30)/t19-,23?/m0/s1. The monoisotopic (exact) mass is 466 g/mol. The number of aliphatic imine (C=N–C) groups is 2. The van der Waals surface area contributed by atoms with Crippen LogP contribution in [0.3, 0.4) is 0 Å². The molecule has 8 nitrogen and oxygen atoms in total. The number of ether oxygens (including phenoxy) is 1. The van der Waals surface area contributed by atoms with Crippen molar-refractivity contribution in [3.63, 3.8) is 0 Å². The fourth-order valence-electron chi connectivity index (χ4n) is 4.72. The first kappa shape index (κ1) is 24.4. The van der Waals surface area contributed by atoms with Gasteiger partial charge in [-0.1, -0.05) is 37.1 Å². The summed E-state index contributed by atoms with van der Waals surface area (Å²) >= 11 is 0. The third-order valence-corrected chi connectivity index (χ3v) is 6.96. The normalized spacial score (nSPS) is 21.8. The van der Waals surface area contributed by atoms with Gasteiger partial charge in [-0.05, 0) is 51.0 Å². The van der Waals surface area contributed by atoms with Gasteiger partial charge in [0.2, 0.25) is 5.96 Å². The molecule has 2 N–H and O–H groups in total. The second-order valence-electron chi connectivity index (χ2n) is 9.51. The Kier molecular flexibility index (Phi) is 8.00. The molecule has 4 rings (SSSR count). The Morgan fingerprint density at radius 1 is 1.24 bits per heavy atom. The molecule has 1 aromatic carbocycles. The number of guanidine groups is 1. The average Bonchev–Trinajstić information content (AvgIpc) is 3.69. The summed E-state index contributed by atoms with van der Waals surface area (Å²) in [5.74, 6) is 1.86. The maximum Gasteiger partial charge on any atom is 0.415 e. The van der Waals surface area contributed by atoms with Crippen LogP contribution in [-0.2, 0) is 4.74 Å². The van der Waals surface area contributed by atoms with E-state index in [1.807, 2.05) is 13.8 Å². The van der Waals surface area contributed by atoms with Gasteiger partial charge in [0.25, 0.3) is 0 Å². The Morgan fingerprint density at radius 3 is 2.53 bits per heavy atom. The van der Waals surface area contributed by atoms with Crippen LogP contribution in [0.25, 0.3) is 0 Å². The molecular formula is C26H38N6O2. The third kappa shape index (κ3) is 5.85. The summed E-state index contributed by atoms with van der Waals surface area (Å²) in [5, 5.41) is 6.83. The second kappa shape index (κ2) is 11.1. The highest BCUT2D eigenvalue weighted by molar-refractivity contribution is 5.86. The van der Waals surface area contributed by atoms with Crippen molar-refractivity contribution in [1.29, 1.82) is 0 Å². The minimum atomic E-state index is -0.385. The first-order valence-corrected chi connectivity index (χ1v) is 12.5. The summed E-state index contributed by atoms with van der Waals surface area (Å²) in [4.78, 5) is 25.0. The molecule has 2 fully saturated rings. The van der Waals surface area contributed by atoms with Gasteiger partial charge >= 0.3 is 6.09 Å². The van der Waals surface area contributed by atoms with Gasteiger partial charge in [-0.3, -0.25) is 9.80 Å². The minimum absolute atomic E-state index is 0.00843. The molecule has 2 heterocycles. The van der Waals surface area contributed by atoms with Crippen LogP contribution < -0.4 is 10.6 Å². The van der Waals surface area contributed by atoms with Crippen LogP contribution in [0.15, 0.2) is 45.6 Å². The maximum absolute atomic E-state index is 12.1. The number of carbonyl (C=O) groups is 1. The predicted molar refractivity (Wildman–Crippen MR) is 136 cm³/mol. The smallest absolute Gasteiger partial charge is 0.415 e. The Balaban J connectivity index is 1.47. The summed E-state index contributed by atoms with van der Waals surface area (Å²) in [6, 6.07) is 9.46. The van der Waals surface area contributed by atoms with Gasteiger partial charge in [-0.25, -0.2) is 9.79 Å². The van der Waals surface area contributed by atoms with Crippen molar-refractivity contribution < 1.29 is 9.53 Å². The molecule has 0 bridgehead atoms. The van der Waals surface area contributed by atoms with E-state index in [9.17, 15) is 4.79 Å². The van der Waals surface area contributed by atoms with Crippen molar-refractivity contribution in [3.8, 4) is 0 Å². The van der Waals surface area contributed by atoms with E-state index < -0.39 is 0 Å². The molecule has 34 heavy (non-hydrogen) atoms. The largest absolute Gasteiger partial charge is 0.444 e. The number of hydrogen-bond acceptors (Lipinski definition) is 5. The van der Waals surface area contributed by atoms with E-state index in [4.69, 9.17) is 4.74 Å². The van der Waals surface area contributed by atoms with Crippen molar-refractivity contribution in [2.24, 2.45) is 15.9 Å².